The van der Waals surface area contributed by atoms with Crippen molar-refractivity contribution in [2.45, 2.75) is 11.8 Å². The van der Waals surface area contributed by atoms with Crippen LogP contribution in [-0.2, 0) is 10.0 Å². The highest BCUT2D eigenvalue weighted by atomic mass is 35.5. The van der Waals surface area contributed by atoms with E-state index in [0.717, 1.165) is 12.3 Å². The summed E-state index contributed by atoms with van der Waals surface area (Å²) < 4.78 is 26.6. The molecule has 0 unspecified atom stereocenters. The predicted molar refractivity (Wildman–Crippen MR) is 74.7 cm³/mol. The van der Waals surface area contributed by atoms with Crippen molar-refractivity contribution in [3.63, 3.8) is 0 Å². The lowest BCUT2D eigenvalue weighted by Crippen LogP contribution is -2.13. The molecule has 106 valence electrons. The Morgan fingerprint density at radius 3 is 2.65 bits per heavy atom. The molecular formula is C12H11ClN2O4S. The van der Waals surface area contributed by atoms with Gasteiger partial charge in [0, 0.05) is 11.2 Å². The zero-order valence-electron chi connectivity index (χ0n) is 10.3. The minimum absolute atomic E-state index is 0.158. The minimum Gasteiger partial charge on any atom is -0.477 e. The van der Waals surface area contributed by atoms with E-state index in [0.29, 0.717) is 16.3 Å². The van der Waals surface area contributed by atoms with Crippen LogP contribution in [0.3, 0.4) is 0 Å². The molecule has 0 saturated heterocycles. The molecule has 0 aliphatic carbocycles. The van der Waals surface area contributed by atoms with Crippen molar-refractivity contribution >= 4 is 33.3 Å². The number of hydrogen-bond donors (Lipinski definition) is 3. The Bertz CT molecular complexity index is 768. The smallest absolute Gasteiger partial charge is 0.352 e. The molecule has 20 heavy (non-hydrogen) atoms. The monoisotopic (exact) mass is 314 g/mol. The van der Waals surface area contributed by atoms with Gasteiger partial charge in [0.25, 0.3) is 10.0 Å². The van der Waals surface area contributed by atoms with E-state index >= 15 is 0 Å². The van der Waals surface area contributed by atoms with Crippen LogP contribution < -0.4 is 4.72 Å². The van der Waals surface area contributed by atoms with Crippen molar-refractivity contribution in [1.29, 1.82) is 0 Å². The lowest BCUT2D eigenvalue weighted by Gasteiger charge is -2.09. The van der Waals surface area contributed by atoms with Gasteiger partial charge >= 0.3 is 5.97 Å². The summed E-state index contributed by atoms with van der Waals surface area (Å²) in [5, 5.41) is 9.17. The van der Waals surface area contributed by atoms with Crippen LogP contribution in [0.4, 0.5) is 5.69 Å². The first-order valence-corrected chi connectivity index (χ1v) is 7.36. The lowest BCUT2D eigenvalue weighted by atomic mass is 10.2. The number of aromatic amines is 1. The molecule has 2 rings (SSSR count). The number of anilines is 1. The highest BCUT2D eigenvalue weighted by Gasteiger charge is 2.19. The van der Waals surface area contributed by atoms with Gasteiger partial charge in [-0.3, -0.25) is 4.72 Å². The third-order valence-corrected chi connectivity index (χ3v) is 4.22. The van der Waals surface area contributed by atoms with E-state index in [9.17, 15) is 13.2 Å². The van der Waals surface area contributed by atoms with E-state index in [1.807, 2.05) is 0 Å². The van der Waals surface area contributed by atoms with Crippen LogP contribution in [0.25, 0.3) is 0 Å². The molecule has 0 aliphatic rings. The van der Waals surface area contributed by atoms with Gasteiger partial charge in [0.15, 0.2) is 0 Å². The molecule has 8 heteroatoms. The number of sulfonamides is 1. The molecule has 1 aromatic heterocycles. The highest BCUT2D eigenvalue weighted by Crippen LogP contribution is 2.23. The van der Waals surface area contributed by atoms with Crippen molar-refractivity contribution in [1.82, 2.24) is 4.98 Å². The van der Waals surface area contributed by atoms with Crippen LogP contribution in [0.5, 0.6) is 0 Å². The third-order valence-electron chi connectivity index (χ3n) is 2.64. The fraction of sp³-hybridized carbons (Fsp3) is 0.0833. The number of benzene rings is 1. The second kappa shape index (κ2) is 5.18. The maximum absolute atomic E-state index is 12.1. The second-order valence-electron chi connectivity index (χ2n) is 4.12. The summed E-state index contributed by atoms with van der Waals surface area (Å²) in [5.41, 5.74) is 0.843. The average Bonchev–Trinajstić information content (AvgIpc) is 2.84. The molecule has 1 aromatic carbocycles. The number of H-pyrrole nitrogens is 1. The van der Waals surface area contributed by atoms with E-state index < -0.39 is 16.0 Å². The molecule has 0 amide bonds. The van der Waals surface area contributed by atoms with Crippen LogP contribution in [0, 0.1) is 6.92 Å². The minimum atomic E-state index is -3.87. The van der Waals surface area contributed by atoms with Gasteiger partial charge in [0.2, 0.25) is 0 Å². The zero-order chi connectivity index (χ0) is 14.9. The Morgan fingerprint density at radius 1 is 1.35 bits per heavy atom. The van der Waals surface area contributed by atoms with Gasteiger partial charge in [-0.2, -0.15) is 0 Å². The first-order valence-electron chi connectivity index (χ1n) is 5.50. The molecule has 0 aliphatic heterocycles. The van der Waals surface area contributed by atoms with Crippen molar-refractivity contribution in [3.05, 3.63) is 46.7 Å². The molecule has 0 atom stereocenters. The van der Waals surface area contributed by atoms with E-state index in [2.05, 4.69) is 9.71 Å². The van der Waals surface area contributed by atoms with E-state index in [4.69, 9.17) is 16.7 Å². The Hall–Kier alpha value is -1.99. The van der Waals surface area contributed by atoms with Crippen LogP contribution >= 0.6 is 11.6 Å². The number of rotatable bonds is 4. The van der Waals surface area contributed by atoms with Gasteiger partial charge < -0.3 is 10.1 Å². The van der Waals surface area contributed by atoms with Crippen LogP contribution in [0.1, 0.15) is 16.1 Å². The summed E-state index contributed by atoms with van der Waals surface area (Å²) in [6, 6.07) is 5.86. The van der Waals surface area contributed by atoms with E-state index in [1.165, 1.54) is 6.07 Å². The predicted octanol–water partition coefficient (Wildman–Crippen LogP) is 2.48. The quantitative estimate of drug-likeness (QED) is 0.807. The molecule has 0 radical (unpaired) electrons. The molecule has 0 saturated carbocycles. The lowest BCUT2D eigenvalue weighted by molar-refractivity contribution is 0.0691. The molecule has 0 fully saturated rings. The normalized spacial score (nSPS) is 11.3. The van der Waals surface area contributed by atoms with Gasteiger partial charge in [-0.1, -0.05) is 17.7 Å². The molecule has 0 bridgehead atoms. The number of halogens is 1. The Balaban J connectivity index is 2.35. The first-order chi connectivity index (χ1) is 9.29. The summed E-state index contributed by atoms with van der Waals surface area (Å²) in [5.74, 6) is -1.23. The first kappa shape index (κ1) is 14.4. The van der Waals surface area contributed by atoms with E-state index in [-0.39, 0.29) is 10.6 Å². The van der Waals surface area contributed by atoms with Gasteiger partial charge in [0.05, 0.1) is 5.69 Å². The van der Waals surface area contributed by atoms with Gasteiger partial charge in [-0.25, -0.2) is 13.2 Å². The van der Waals surface area contributed by atoms with Gasteiger partial charge in [-0.05, 0) is 30.7 Å². The van der Waals surface area contributed by atoms with Gasteiger partial charge in [0.1, 0.15) is 10.6 Å². The number of hydrogen-bond acceptors (Lipinski definition) is 3. The Labute approximate surface area is 120 Å². The fourth-order valence-corrected chi connectivity index (χ4v) is 2.85. The van der Waals surface area contributed by atoms with Crippen molar-refractivity contribution in [2.75, 3.05) is 4.72 Å². The summed E-state index contributed by atoms with van der Waals surface area (Å²) in [7, 11) is -3.87. The van der Waals surface area contributed by atoms with Crippen LogP contribution in [-0.4, -0.2) is 24.5 Å². The number of aromatic nitrogens is 1. The van der Waals surface area contributed by atoms with Crippen LogP contribution in [0.15, 0.2) is 35.4 Å². The SMILES string of the molecule is Cc1ccc(Cl)cc1NS(=O)(=O)c1c[nH]c(C(=O)O)c1. The third kappa shape index (κ3) is 2.94. The molecule has 1 heterocycles. The summed E-state index contributed by atoms with van der Waals surface area (Å²) in [4.78, 5) is 13.0. The zero-order valence-corrected chi connectivity index (χ0v) is 11.9. The molecule has 0 spiro atoms. The number of nitrogens with one attached hydrogen (secondary N) is 2. The molecule has 2 aromatic rings. The summed E-state index contributed by atoms with van der Waals surface area (Å²) in [6.45, 7) is 1.73. The number of carboxylic acid groups (broad SMARTS) is 1. The molecular weight excluding hydrogens is 304 g/mol. The Morgan fingerprint density at radius 2 is 2.05 bits per heavy atom. The topological polar surface area (TPSA) is 99.3 Å². The van der Waals surface area contributed by atoms with Gasteiger partial charge in [-0.15, -0.1) is 0 Å². The standard InChI is InChI=1S/C12H11ClN2O4S/c1-7-2-3-8(13)4-10(7)15-20(18,19)9-5-11(12(16)17)14-6-9/h2-6,14-15H,1H3,(H,16,17). The Kier molecular flexibility index (Phi) is 3.74. The maximum atomic E-state index is 12.1. The summed E-state index contributed by atoms with van der Waals surface area (Å²) in [6.07, 6.45) is 1.12. The van der Waals surface area contributed by atoms with E-state index in [1.54, 1.807) is 19.1 Å². The largest absolute Gasteiger partial charge is 0.477 e. The second-order valence-corrected chi connectivity index (χ2v) is 6.24. The van der Waals surface area contributed by atoms with Crippen LogP contribution in [0.2, 0.25) is 5.02 Å². The van der Waals surface area contributed by atoms with Crippen molar-refractivity contribution in [2.24, 2.45) is 0 Å². The maximum Gasteiger partial charge on any atom is 0.352 e. The van der Waals surface area contributed by atoms with Crippen molar-refractivity contribution < 1.29 is 18.3 Å². The average molecular weight is 315 g/mol. The number of carboxylic acids is 1. The molecule has 6 nitrogen and oxygen atoms in total. The molecule has 3 N–H and O–H groups in total. The fourth-order valence-electron chi connectivity index (χ4n) is 1.56. The number of carbonyl (C=O) groups is 1. The highest BCUT2D eigenvalue weighted by molar-refractivity contribution is 7.92. The number of aryl methyl sites for hydroxylation is 1. The van der Waals surface area contributed by atoms with Crippen molar-refractivity contribution in [3.8, 4) is 0 Å². The summed E-state index contributed by atoms with van der Waals surface area (Å²) >= 11 is 5.82. The number of aromatic carboxylic acids is 1.